The SMILES string of the molecule is O=C(NC(=O)c1c(F)cccc1F)Nc1ccc(Br)c(Cl)c1F. The van der Waals surface area contributed by atoms with Gasteiger partial charge in [-0.1, -0.05) is 17.7 Å². The molecule has 0 heterocycles. The van der Waals surface area contributed by atoms with Gasteiger partial charge in [-0.15, -0.1) is 0 Å². The van der Waals surface area contributed by atoms with Gasteiger partial charge in [0.05, 0.1) is 10.7 Å². The molecular formula is C14H7BrClF3N2O2. The summed E-state index contributed by atoms with van der Waals surface area (Å²) >= 11 is 8.65. The monoisotopic (exact) mass is 406 g/mol. The molecule has 0 saturated carbocycles. The Morgan fingerprint density at radius 2 is 1.65 bits per heavy atom. The van der Waals surface area contributed by atoms with Gasteiger partial charge in [-0.3, -0.25) is 10.1 Å². The molecule has 0 aliphatic carbocycles. The first-order valence-corrected chi connectivity index (χ1v) is 7.18. The summed E-state index contributed by atoms with van der Waals surface area (Å²) in [5.41, 5.74) is -1.23. The van der Waals surface area contributed by atoms with Crippen LogP contribution in [-0.2, 0) is 0 Å². The summed E-state index contributed by atoms with van der Waals surface area (Å²) in [6.45, 7) is 0. The summed E-state index contributed by atoms with van der Waals surface area (Å²) in [5, 5.41) is 3.45. The second kappa shape index (κ2) is 7.01. The Labute approximate surface area is 141 Å². The fourth-order valence-electron chi connectivity index (χ4n) is 1.66. The maximum atomic E-state index is 13.8. The van der Waals surface area contributed by atoms with Crippen LogP contribution < -0.4 is 10.6 Å². The van der Waals surface area contributed by atoms with Crippen molar-refractivity contribution >= 4 is 45.2 Å². The van der Waals surface area contributed by atoms with Crippen LogP contribution in [0.15, 0.2) is 34.8 Å². The first-order valence-electron chi connectivity index (χ1n) is 6.01. The lowest BCUT2D eigenvalue weighted by Crippen LogP contribution is -2.35. The minimum absolute atomic E-state index is 0.269. The summed E-state index contributed by atoms with van der Waals surface area (Å²) in [6, 6.07) is 4.20. The lowest BCUT2D eigenvalue weighted by atomic mass is 10.2. The number of amides is 3. The van der Waals surface area contributed by atoms with E-state index in [0.29, 0.717) is 0 Å². The summed E-state index contributed by atoms with van der Waals surface area (Å²) < 4.78 is 40.9. The molecule has 120 valence electrons. The van der Waals surface area contributed by atoms with Gasteiger partial charge in [-0.05, 0) is 40.2 Å². The maximum absolute atomic E-state index is 13.8. The molecule has 0 radical (unpaired) electrons. The van der Waals surface area contributed by atoms with Crippen molar-refractivity contribution in [1.82, 2.24) is 5.32 Å². The maximum Gasteiger partial charge on any atom is 0.326 e. The third kappa shape index (κ3) is 3.83. The van der Waals surface area contributed by atoms with Crippen LogP contribution in [0.5, 0.6) is 0 Å². The highest BCUT2D eigenvalue weighted by Crippen LogP contribution is 2.30. The van der Waals surface area contributed by atoms with E-state index in [2.05, 4.69) is 15.9 Å². The van der Waals surface area contributed by atoms with Crippen molar-refractivity contribution in [1.29, 1.82) is 0 Å². The van der Waals surface area contributed by atoms with E-state index >= 15 is 0 Å². The Morgan fingerprint density at radius 3 is 2.26 bits per heavy atom. The van der Waals surface area contributed by atoms with Crippen molar-refractivity contribution < 1.29 is 22.8 Å². The van der Waals surface area contributed by atoms with Crippen LogP contribution in [-0.4, -0.2) is 11.9 Å². The Morgan fingerprint density at radius 1 is 1.04 bits per heavy atom. The lowest BCUT2D eigenvalue weighted by molar-refractivity contribution is 0.0959. The highest BCUT2D eigenvalue weighted by Gasteiger charge is 2.20. The molecule has 0 saturated heterocycles. The number of carbonyl (C=O) groups excluding carboxylic acids is 2. The first-order chi connectivity index (χ1) is 10.8. The largest absolute Gasteiger partial charge is 0.326 e. The van der Waals surface area contributed by atoms with Gasteiger partial charge in [0.1, 0.15) is 17.2 Å². The van der Waals surface area contributed by atoms with E-state index in [4.69, 9.17) is 11.6 Å². The summed E-state index contributed by atoms with van der Waals surface area (Å²) in [5.74, 6) is -4.50. The van der Waals surface area contributed by atoms with Gasteiger partial charge in [0.25, 0.3) is 5.91 Å². The third-order valence-electron chi connectivity index (χ3n) is 2.70. The molecule has 0 fully saturated rings. The topological polar surface area (TPSA) is 58.2 Å². The van der Waals surface area contributed by atoms with Crippen molar-refractivity contribution in [3.63, 3.8) is 0 Å². The molecule has 23 heavy (non-hydrogen) atoms. The fourth-order valence-corrected chi connectivity index (χ4v) is 2.13. The van der Waals surface area contributed by atoms with Crippen LogP contribution in [0.2, 0.25) is 5.02 Å². The number of urea groups is 1. The molecule has 9 heteroatoms. The highest BCUT2D eigenvalue weighted by molar-refractivity contribution is 9.10. The zero-order chi connectivity index (χ0) is 17.1. The zero-order valence-corrected chi connectivity index (χ0v) is 13.4. The van der Waals surface area contributed by atoms with Gasteiger partial charge in [0.15, 0.2) is 5.82 Å². The van der Waals surface area contributed by atoms with Crippen molar-refractivity contribution in [2.75, 3.05) is 5.32 Å². The molecule has 3 amide bonds. The average Bonchev–Trinajstić information content (AvgIpc) is 2.47. The number of nitrogens with one attached hydrogen (secondary N) is 2. The van der Waals surface area contributed by atoms with E-state index in [1.807, 2.05) is 5.32 Å². The van der Waals surface area contributed by atoms with E-state index < -0.39 is 35.0 Å². The molecular weight excluding hydrogens is 401 g/mol. The predicted molar refractivity (Wildman–Crippen MR) is 82.0 cm³/mol. The number of hydrogen-bond donors (Lipinski definition) is 2. The van der Waals surface area contributed by atoms with E-state index in [0.717, 1.165) is 18.2 Å². The van der Waals surface area contributed by atoms with E-state index in [1.54, 1.807) is 5.32 Å². The van der Waals surface area contributed by atoms with Gasteiger partial charge in [0.2, 0.25) is 0 Å². The van der Waals surface area contributed by atoms with Gasteiger partial charge < -0.3 is 5.32 Å². The molecule has 2 aromatic rings. The Bertz CT molecular complexity index is 782. The summed E-state index contributed by atoms with van der Waals surface area (Å²) in [6.07, 6.45) is 0. The van der Waals surface area contributed by atoms with Crippen molar-refractivity contribution in [2.45, 2.75) is 0 Å². The molecule has 2 aromatic carbocycles. The molecule has 0 unspecified atom stereocenters. The van der Waals surface area contributed by atoms with Crippen molar-refractivity contribution in [2.24, 2.45) is 0 Å². The predicted octanol–water partition coefficient (Wildman–Crippen LogP) is 4.48. The first kappa shape index (κ1) is 17.3. The van der Waals surface area contributed by atoms with Crippen LogP contribution in [0.25, 0.3) is 0 Å². The number of hydrogen-bond acceptors (Lipinski definition) is 2. The van der Waals surface area contributed by atoms with Crippen molar-refractivity contribution in [3.05, 3.63) is 62.8 Å². The molecule has 0 aliphatic rings. The molecule has 0 atom stereocenters. The molecule has 0 aliphatic heterocycles. The van der Waals surface area contributed by atoms with Crippen LogP contribution in [0, 0.1) is 17.5 Å². The van der Waals surface area contributed by atoms with Gasteiger partial charge in [-0.2, -0.15) is 0 Å². The van der Waals surface area contributed by atoms with E-state index in [9.17, 15) is 22.8 Å². The minimum Gasteiger partial charge on any atom is -0.305 e. The molecule has 0 bridgehead atoms. The van der Waals surface area contributed by atoms with E-state index in [-0.39, 0.29) is 15.2 Å². The fraction of sp³-hybridized carbons (Fsp3) is 0. The highest BCUT2D eigenvalue weighted by atomic mass is 79.9. The molecule has 2 N–H and O–H groups in total. The van der Waals surface area contributed by atoms with Crippen LogP contribution in [0.1, 0.15) is 10.4 Å². The number of imide groups is 1. The third-order valence-corrected chi connectivity index (χ3v) is 3.96. The van der Waals surface area contributed by atoms with E-state index in [1.165, 1.54) is 12.1 Å². The number of benzene rings is 2. The van der Waals surface area contributed by atoms with Crippen LogP contribution >= 0.6 is 27.5 Å². The Hall–Kier alpha value is -2.06. The van der Waals surface area contributed by atoms with Crippen LogP contribution in [0.4, 0.5) is 23.7 Å². The smallest absolute Gasteiger partial charge is 0.305 e. The average molecular weight is 408 g/mol. The zero-order valence-electron chi connectivity index (χ0n) is 11.1. The summed E-state index contributed by atoms with van der Waals surface area (Å²) in [4.78, 5) is 23.4. The Kier molecular flexibility index (Phi) is 5.27. The Balaban J connectivity index is 2.14. The number of anilines is 1. The number of carbonyl (C=O) groups is 2. The minimum atomic E-state index is -1.30. The molecule has 4 nitrogen and oxygen atoms in total. The van der Waals surface area contributed by atoms with Gasteiger partial charge in [0, 0.05) is 4.47 Å². The second-order valence-corrected chi connectivity index (χ2v) is 5.46. The number of halogens is 5. The molecule has 0 spiro atoms. The number of rotatable bonds is 2. The summed E-state index contributed by atoms with van der Waals surface area (Å²) in [7, 11) is 0. The molecule has 2 rings (SSSR count). The second-order valence-electron chi connectivity index (χ2n) is 4.23. The molecule has 0 aromatic heterocycles. The standard InChI is InChI=1S/C14H7BrClF3N2O2/c15-6-4-5-9(12(19)11(6)16)20-14(23)21-13(22)10-7(17)2-1-3-8(10)18/h1-5H,(H2,20,21,22,23). The lowest BCUT2D eigenvalue weighted by Gasteiger charge is -2.10. The van der Waals surface area contributed by atoms with Crippen LogP contribution in [0.3, 0.4) is 0 Å². The quantitative estimate of drug-likeness (QED) is 0.721. The van der Waals surface area contributed by atoms with Gasteiger partial charge in [-0.25, -0.2) is 18.0 Å². The normalized spacial score (nSPS) is 10.3. The van der Waals surface area contributed by atoms with Gasteiger partial charge >= 0.3 is 6.03 Å². The van der Waals surface area contributed by atoms with Crippen molar-refractivity contribution in [3.8, 4) is 0 Å².